The summed E-state index contributed by atoms with van der Waals surface area (Å²) in [5.41, 5.74) is 1.51. The molecule has 0 radical (unpaired) electrons. The summed E-state index contributed by atoms with van der Waals surface area (Å²) in [6.45, 7) is 4.76. The van der Waals surface area contributed by atoms with Crippen molar-refractivity contribution in [3.8, 4) is 0 Å². The largest absolute Gasteiger partial charge is 0.316 e. The highest BCUT2D eigenvalue weighted by Gasteiger charge is 2.21. The second-order valence-corrected chi connectivity index (χ2v) is 5.57. The van der Waals surface area contributed by atoms with Gasteiger partial charge < -0.3 is 5.32 Å². The van der Waals surface area contributed by atoms with Gasteiger partial charge in [0, 0.05) is 0 Å². The smallest absolute Gasteiger partial charge is 0.00148 e. The average Bonchev–Trinajstić information content (AvgIpc) is 2.42. The van der Waals surface area contributed by atoms with Gasteiger partial charge in [0.2, 0.25) is 0 Å². The van der Waals surface area contributed by atoms with Crippen molar-refractivity contribution in [2.45, 2.75) is 19.8 Å². The van der Waals surface area contributed by atoms with E-state index in [2.05, 4.69) is 54.7 Å². The molecule has 3 rings (SSSR count). The summed E-state index contributed by atoms with van der Waals surface area (Å²) in [4.78, 5) is 0. The van der Waals surface area contributed by atoms with E-state index in [9.17, 15) is 0 Å². The molecule has 1 fully saturated rings. The molecular formula is C17H21N. The lowest BCUT2D eigenvalue weighted by atomic mass is 9.82. The minimum Gasteiger partial charge on any atom is -0.316 e. The van der Waals surface area contributed by atoms with Crippen LogP contribution >= 0.6 is 0 Å². The molecule has 1 heteroatoms. The van der Waals surface area contributed by atoms with Crippen molar-refractivity contribution < 1.29 is 0 Å². The van der Waals surface area contributed by atoms with Gasteiger partial charge in [0.15, 0.2) is 0 Å². The number of hydrogen-bond donors (Lipinski definition) is 1. The standard InChI is InChI=1S/C17H21N/c1-13-9-10-18-12-16(13)11-15-7-4-6-14-5-2-3-8-17(14)15/h2-8,13,16,18H,9-12H2,1H3. The number of fused-ring (bicyclic) bond motifs is 1. The maximum atomic E-state index is 3.53. The molecule has 0 saturated carbocycles. The molecule has 1 saturated heterocycles. The summed E-state index contributed by atoms with van der Waals surface area (Å²) >= 11 is 0. The zero-order valence-electron chi connectivity index (χ0n) is 11.0. The van der Waals surface area contributed by atoms with Gasteiger partial charge in [-0.05, 0) is 54.1 Å². The zero-order valence-corrected chi connectivity index (χ0v) is 11.0. The SMILES string of the molecule is CC1CCNCC1Cc1cccc2ccccc12. The third kappa shape index (κ3) is 2.28. The van der Waals surface area contributed by atoms with Crippen LogP contribution in [0.4, 0.5) is 0 Å². The third-order valence-corrected chi connectivity index (χ3v) is 4.35. The molecule has 0 amide bonds. The highest BCUT2D eigenvalue weighted by atomic mass is 14.9. The summed E-state index contributed by atoms with van der Waals surface area (Å²) in [5, 5.41) is 6.33. The van der Waals surface area contributed by atoms with Crippen molar-refractivity contribution in [3.05, 3.63) is 48.0 Å². The highest BCUT2D eigenvalue weighted by Crippen LogP contribution is 2.26. The van der Waals surface area contributed by atoms with Crippen LogP contribution in [-0.2, 0) is 6.42 Å². The maximum absolute atomic E-state index is 3.53. The van der Waals surface area contributed by atoms with Crippen molar-refractivity contribution in [2.24, 2.45) is 11.8 Å². The van der Waals surface area contributed by atoms with Gasteiger partial charge >= 0.3 is 0 Å². The van der Waals surface area contributed by atoms with Crippen LogP contribution in [0.15, 0.2) is 42.5 Å². The molecule has 1 N–H and O–H groups in total. The number of hydrogen-bond acceptors (Lipinski definition) is 1. The Morgan fingerprint density at radius 1 is 1.11 bits per heavy atom. The molecule has 0 spiro atoms. The Kier molecular flexibility index (Phi) is 3.33. The van der Waals surface area contributed by atoms with Crippen LogP contribution in [0.5, 0.6) is 0 Å². The Bertz CT molecular complexity index is 527. The molecule has 0 aliphatic carbocycles. The van der Waals surface area contributed by atoms with Gasteiger partial charge in [-0.3, -0.25) is 0 Å². The van der Waals surface area contributed by atoms with Crippen molar-refractivity contribution in [3.63, 3.8) is 0 Å². The first kappa shape index (κ1) is 11.7. The quantitative estimate of drug-likeness (QED) is 0.844. The first-order chi connectivity index (χ1) is 8.84. The van der Waals surface area contributed by atoms with Gasteiger partial charge in [-0.1, -0.05) is 49.4 Å². The number of nitrogens with one attached hydrogen (secondary N) is 1. The minimum absolute atomic E-state index is 0.782. The lowest BCUT2D eigenvalue weighted by Crippen LogP contribution is -2.36. The first-order valence-corrected chi connectivity index (χ1v) is 7.02. The molecule has 2 aromatic rings. The van der Waals surface area contributed by atoms with Gasteiger partial charge in [-0.25, -0.2) is 0 Å². The molecule has 2 atom stereocenters. The molecule has 18 heavy (non-hydrogen) atoms. The number of benzene rings is 2. The third-order valence-electron chi connectivity index (χ3n) is 4.35. The van der Waals surface area contributed by atoms with E-state index in [0.717, 1.165) is 11.8 Å². The van der Waals surface area contributed by atoms with Crippen molar-refractivity contribution in [1.29, 1.82) is 0 Å². The van der Waals surface area contributed by atoms with Crippen LogP contribution < -0.4 is 5.32 Å². The van der Waals surface area contributed by atoms with E-state index >= 15 is 0 Å². The van der Waals surface area contributed by atoms with Gasteiger partial charge in [0.05, 0.1) is 0 Å². The zero-order chi connectivity index (χ0) is 12.4. The van der Waals surface area contributed by atoms with Crippen LogP contribution in [-0.4, -0.2) is 13.1 Å². The molecule has 1 heterocycles. The second-order valence-electron chi connectivity index (χ2n) is 5.57. The Hall–Kier alpha value is -1.34. The van der Waals surface area contributed by atoms with E-state index in [-0.39, 0.29) is 0 Å². The predicted octanol–water partition coefficient (Wildman–Crippen LogP) is 3.63. The fourth-order valence-electron chi connectivity index (χ4n) is 3.08. The second kappa shape index (κ2) is 5.11. The fraction of sp³-hybridized carbons (Fsp3) is 0.412. The van der Waals surface area contributed by atoms with Crippen molar-refractivity contribution in [1.82, 2.24) is 5.32 Å². The van der Waals surface area contributed by atoms with Gasteiger partial charge in [-0.15, -0.1) is 0 Å². The molecule has 2 aromatic carbocycles. The predicted molar refractivity (Wildman–Crippen MR) is 77.8 cm³/mol. The molecule has 1 aliphatic rings. The lowest BCUT2D eigenvalue weighted by Gasteiger charge is -2.30. The van der Waals surface area contributed by atoms with E-state index in [4.69, 9.17) is 0 Å². The normalized spacial score (nSPS) is 24.3. The van der Waals surface area contributed by atoms with Crippen LogP contribution in [0.2, 0.25) is 0 Å². The van der Waals surface area contributed by atoms with Crippen LogP contribution in [0.25, 0.3) is 10.8 Å². The molecular weight excluding hydrogens is 218 g/mol. The van der Waals surface area contributed by atoms with Crippen LogP contribution in [0.1, 0.15) is 18.9 Å². The van der Waals surface area contributed by atoms with E-state index in [1.807, 2.05) is 0 Å². The summed E-state index contributed by atoms with van der Waals surface area (Å²) in [5.74, 6) is 1.62. The Labute approximate surface area is 109 Å². The van der Waals surface area contributed by atoms with Crippen molar-refractivity contribution in [2.75, 3.05) is 13.1 Å². The molecule has 1 nitrogen and oxygen atoms in total. The topological polar surface area (TPSA) is 12.0 Å². The fourth-order valence-corrected chi connectivity index (χ4v) is 3.08. The molecule has 0 aromatic heterocycles. The molecule has 2 unspecified atom stereocenters. The Morgan fingerprint density at radius 3 is 2.83 bits per heavy atom. The van der Waals surface area contributed by atoms with Crippen molar-refractivity contribution >= 4 is 10.8 Å². The van der Waals surface area contributed by atoms with Crippen LogP contribution in [0, 0.1) is 11.8 Å². The number of rotatable bonds is 2. The maximum Gasteiger partial charge on any atom is -0.00148 e. The van der Waals surface area contributed by atoms with E-state index in [1.54, 1.807) is 0 Å². The average molecular weight is 239 g/mol. The van der Waals surface area contributed by atoms with E-state index in [1.165, 1.54) is 42.3 Å². The summed E-state index contributed by atoms with van der Waals surface area (Å²) in [7, 11) is 0. The molecule has 0 bridgehead atoms. The first-order valence-electron chi connectivity index (χ1n) is 7.02. The van der Waals surface area contributed by atoms with E-state index < -0.39 is 0 Å². The molecule has 94 valence electrons. The minimum atomic E-state index is 0.782. The summed E-state index contributed by atoms with van der Waals surface area (Å²) in [6, 6.07) is 15.4. The highest BCUT2D eigenvalue weighted by molar-refractivity contribution is 5.85. The monoisotopic (exact) mass is 239 g/mol. The van der Waals surface area contributed by atoms with Crippen LogP contribution in [0.3, 0.4) is 0 Å². The summed E-state index contributed by atoms with van der Waals surface area (Å²) in [6.07, 6.45) is 2.52. The molecule has 1 aliphatic heterocycles. The van der Waals surface area contributed by atoms with Gasteiger partial charge in [0.1, 0.15) is 0 Å². The van der Waals surface area contributed by atoms with E-state index in [0.29, 0.717) is 0 Å². The van der Waals surface area contributed by atoms with Gasteiger partial charge in [0.25, 0.3) is 0 Å². The number of piperidine rings is 1. The Morgan fingerprint density at radius 2 is 1.94 bits per heavy atom. The Balaban J connectivity index is 1.90. The van der Waals surface area contributed by atoms with Gasteiger partial charge in [-0.2, -0.15) is 0 Å². The lowest BCUT2D eigenvalue weighted by molar-refractivity contribution is 0.273. The summed E-state index contributed by atoms with van der Waals surface area (Å²) < 4.78 is 0.